The summed E-state index contributed by atoms with van der Waals surface area (Å²) in [5.74, 6) is -0.805. The molecule has 0 aromatic carbocycles. The van der Waals surface area contributed by atoms with Crippen molar-refractivity contribution in [3.63, 3.8) is 0 Å². The number of carbonyl (C=O) groups is 2. The standard InChI is InChI=1S/C16H28O4/c1-12(2)19-14(17)16(15(18)20-13(3)4)10-8-6-5-7-9-11-16/h12-13H,5-11H2,1-4H3. The number of rotatable bonds is 4. The van der Waals surface area contributed by atoms with Crippen LogP contribution in [0.25, 0.3) is 0 Å². The number of hydrogen-bond acceptors (Lipinski definition) is 4. The minimum atomic E-state index is -1.09. The molecule has 116 valence electrons. The first-order valence-electron chi connectivity index (χ1n) is 7.80. The molecule has 0 N–H and O–H groups in total. The van der Waals surface area contributed by atoms with Gasteiger partial charge in [-0.3, -0.25) is 9.59 Å². The molecular weight excluding hydrogens is 256 g/mol. The number of hydrogen-bond donors (Lipinski definition) is 0. The Hall–Kier alpha value is -1.06. The fraction of sp³-hybridized carbons (Fsp3) is 0.875. The summed E-state index contributed by atoms with van der Waals surface area (Å²) in [7, 11) is 0. The van der Waals surface area contributed by atoms with E-state index in [1.165, 1.54) is 6.42 Å². The summed E-state index contributed by atoms with van der Waals surface area (Å²) in [5, 5.41) is 0. The Morgan fingerprint density at radius 3 is 1.45 bits per heavy atom. The summed E-state index contributed by atoms with van der Waals surface area (Å²) < 4.78 is 10.7. The van der Waals surface area contributed by atoms with Crippen molar-refractivity contribution < 1.29 is 19.1 Å². The Balaban J connectivity index is 2.95. The Labute approximate surface area is 122 Å². The molecule has 1 fully saturated rings. The zero-order valence-corrected chi connectivity index (χ0v) is 13.2. The molecule has 0 unspecified atom stereocenters. The van der Waals surface area contributed by atoms with Crippen LogP contribution in [0.4, 0.5) is 0 Å². The molecule has 0 aromatic rings. The predicted molar refractivity (Wildman–Crippen MR) is 77.2 cm³/mol. The van der Waals surface area contributed by atoms with E-state index in [9.17, 15) is 9.59 Å². The fourth-order valence-electron chi connectivity index (χ4n) is 2.65. The normalized spacial score (nSPS) is 19.3. The zero-order chi connectivity index (χ0) is 15.2. The van der Waals surface area contributed by atoms with Gasteiger partial charge < -0.3 is 9.47 Å². The quantitative estimate of drug-likeness (QED) is 0.584. The first kappa shape index (κ1) is 17.0. The van der Waals surface area contributed by atoms with Crippen molar-refractivity contribution in [2.75, 3.05) is 0 Å². The molecule has 0 aromatic heterocycles. The van der Waals surface area contributed by atoms with Crippen molar-refractivity contribution in [1.29, 1.82) is 0 Å². The van der Waals surface area contributed by atoms with E-state index >= 15 is 0 Å². The van der Waals surface area contributed by atoms with Gasteiger partial charge in [-0.1, -0.05) is 32.1 Å². The van der Waals surface area contributed by atoms with E-state index in [1.54, 1.807) is 0 Å². The van der Waals surface area contributed by atoms with Crippen LogP contribution in [0.15, 0.2) is 0 Å². The first-order valence-corrected chi connectivity index (χ1v) is 7.80. The Bertz CT molecular complexity index is 301. The highest BCUT2D eigenvalue weighted by atomic mass is 16.6. The van der Waals surface area contributed by atoms with Gasteiger partial charge in [0.15, 0.2) is 5.41 Å². The summed E-state index contributed by atoms with van der Waals surface area (Å²) in [5.41, 5.74) is -1.09. The van der Waals surface area contributed by atoms with Gasteiger partial charge >= 0.3 is 11.9 Å². The van der Waals surface area contributed by atoms with Crippen molar-refractivity contribution >= 4 is 11.9 Å². The van der Waals surface area contributed by atoms with E-state index in [4.69, 9.17) is 9.47 Å². The third kappa shape index (κ3) is 4.50. The van der Waals surface area contributed by atoms with Gasteiger partial charge in [-0.2, -0.15) is 0 Å². The van der Waals surface area contributed by atoms with Crippen LogP contribution in [0.2, 0.25) is 0 Å². The SMILES string of the molecule is CC(C)OC(=O)C1(C(=O)OC(C)C)CCCCCCC1. The minimum Gasteiger partial charge on any atom is -0.462 e. The van der Waals surface area contributed by atoms with Crippen molar-refractivity contribution in [3.8, 4) is 0 Å². The second kappa shape index (κ2) is 7.65. The number of ether oxygens (including phenoxy) is 2. The van der Waals surface area contributed by atoms with Crippen LogP contribution < -0.4 is 0 Å². The molecule has 0 heterocycles. The van der Waals surface area contributed by atoms with E-state index in [2.05, 4.69) is 0 Å². The second-order valence-corrected chi connectivity index (χ2v) is 6.26. The maximum Gasteiger partial charge on any atom is 0.323 e. The maximum atomic E-state index is 12.5. The third-order valence-electron chi connectivity index (χ3n) is 3.67. The maximum absolute atomic E-state index is 12.5. The molecule has 20 heavy (non-hydrogen) atoms. The van der Waals surface area contributed by atoms with Gasteiger partial charge in [-0.25, -0.2) is 0 Å². The van der Waals surface area contributed by atoms with Gasteiger partial charge in [0.1, 0.15) is 0 Å². The van der Waals surface area contributed by atoms with Crippen LogP contribution in [0.1, 0.15) is 72.6 Å². The fourth-order valence-corrected chi connectivity index (χ4v) is 2.65. The second-order valence-electron chi connectivity index (χ2n) is 6.26. The largest absolute Gasteiger partial charge is 0.462 e. The van der Waals surface area contributed by atoms with E-state index in [1.807, 2.05) is 27.7 Å². The van der Waals surface area contributed by atoms with Crippen molar-refractivity contribution in [2.45, 2.75) is 84.8 Å². The van der Waals surface area contributed by atoms with Gasteiger partial charge in [-0.05, 0) is 40.5 Å². The van der Waals surface area contributed by atoms with Crippen molar-refractivity contribution in [2.24, 2.45) is 5.41 Å². The van der Waals surface area contributed by atoms with E-state index < -0.39 is 17.4 Å². The van der Waals surface area contributed by atoms with Crippen LogP contribution in [-0.4, -0.2) is 24.1 Å². The van der Waals surface area contributed by atoms with Crippen molar-refractivity contribution in [3.05, 3.63) is 0 Å². The highest BCUT2D eigenvalue weighted by Crippen LogP contribution is 2.37. The summed E-state index contributed by atoms with van der Waals surface area (Å²) in [4.78, 5) is 25.0. The average molecular weight is 284 g/mol. The Morgan fingerprint density at radius 2 is 1.10 bits per heavy atom. The monoisotopic (exact) mass is 284 g/mol. The zero-order valence-electron chi connectivity index (χ0n) is 13.2. The molecule has 1 aliphatic carbocycles. The molecule has 4 heteroatoms. The van der Waals surface area contributed by atoms with Gasteiger partial charge in [-0.15, -0.1) is 0 Å². The third-order valence-corrected chi connectivity index (χ3v) is 3.67. The lowest BCUT2D eigenvalue weighted by Crippen LogP contribution is -2.44. The molecule has 0 radical (unpaired) electrons. The highest BCUT2D eigenvalue weighted by Gasteiger charge is 2.48. The summed E-state index contributed by atoms with van der Waals surface area (Å²) >= 11 is 0. The van der Waals surface area contributed by atoms with E-state index in [0.717, 1.165) is 25.7 Å². The number of carbonyl (C=O) groups excluding carboxylic acids is 2. The van der Waals surface area contributed by atoms with Crippen LogP contribution in [0.5, 0.6) is 0 Å². The molecule has 0 saturated heterocycles. The first-order chi connectivity index (χ1) is 9.38. The lowest BCUT2D eigenvalue weighted by molar-refractivity contribution is -0.178. The van der Waals surface area contributed by atoms with Crippen LogP contribution in [0, 0.1) is 5.41 Å². The molecule has 1 saturated carbocycles. The van der Waals surface area contributed by atoms with Gasteiger partial charge in [0.25, 0.3) is 0 Å². The van der Waals surface area contributed by atoms with Crippen molar-refractivity contribution in [1.82, 2.24) is 0 Å². The Morgan fingerprint density at radius 1 is 0.750 bits per heavy atom. The summed E-state index contributed by atoms with van der Waals surface area (Å²) in [6, 6.07) is 0. The average Bonchev–Trinajstić information content (AvgIpc) is 2.26. The minimum absolute atomic E-state index is 0.211. The van der Waals surface area contributed by atoms with Gasteiger partial charge in [0.05, 0.1) is 12.2 Å². The molecule has 0 bridgehead atoms. The molecule has 1 rings (SSSR count). The summed E-state index contributed by atoms with van der Waals surface area (Å²) in [6.45, 7) is 7.23. The van der Waals surface area contributed by atoms with Gasteiger partial charge in [0, 0.05) is 0 Å². The van der Waals surface area contributed by atoms with E-state index in [0.29, 0.717) is 12.8 Å². The molecule has 1 aliphatic rings. The molecular formula is C16H28O4. The lowest BCUT2D eigenvalue weighted by atomic mass is 9.76. The summed E-state index contributed by atoms with van der Waals surface area (Å²) in [6.07, 6.45) is 5.72. The molecule has 0 aliphatic heterocycles. The highest BCUT2D eigenvalue weighted by molar-refractivity contribution is 6.00. The smallest absolute Gasteiger partial charge is 0.323 e. The molecule has 0 amide bonds. The van der Waals surface area contributed by atoms with Crippen LogP contribution >= 0.6 is 0 Å². The lowest BCUT2D eigenvalue weighted by Gasteiger charge is -2.32. The topological polar surface area (TPSA) is 52.6 Å². The van der Waals surface area contributed by atoms with E-state index in [-0.39, 0.29) is 12.2 Å². The van der Waals surface area contributed by atoms with Crippen LogP contribution in [0.3, 0.4) is 0 Å². The Kier molecular flexibility index (Phi) is 6.50. The number of esters is 2. The van der Waals surface area contributed by atoms with Crippen LogP contribution in [-0.2, 0) is 19.1 Å². The molecule has 0 atom stereocenters. The molecule has 0 spiro atoms. The predicted octanol–water partition coefficient (Wildman–Crippen LogP) is 3.62. The molecule has 4 nitrogen and oxygen atoms in total. The van der Waals surface area contributed by atoms with Gasteiger partial charge in [0.2, 0.25) is 0 Å².